The molecule has 0 radical (unpaired) electrons. The number of hydrogen-bond donors (Lipinski definition) is 3. The Bertz CT molecular complexity index is 704. The third-order valence-corrected chi connectivity index (χ3v) is 3.55. The van der Waals surface area contributed by atoms with E-state index in [9.17, 15) is 20.1 Å². The fraction of sp³-hybridized carbons (Fsp3) is 0.133. The van der Waals surface area contributed by atoms with Gasteiger partial charge in [0, 0.05) is 5.56 Å². The highest BCUT2D eigenvalue weighted by molar-refractivity contribution is 5.96. The van der Waals surface area contributed by atoms with E-state index in [-0.39, 0.29) is 5.56 Å². The number of carboxylic acid groups (broad SMARTS) is 1. The van der Waals surface area contributed by atoms with Gasteiger partial charge in [-0.1, -0.05) is 48.6 Å². The fourth-order valence-electron chi connectivity index (χ4n) is 2.57. The molecule has 3 N–H and O–H groups in total. The van der Waals surface area contributed by atoms with Gasteiger partial charge in [-0.15, -0.1) is 0 Å². The molecule has 96 valence electrons. The maximum Gasteiger partial charge on any atom is 0.343 e. The fourth-order valence-corrected chi connectivity index (χ4v) is 2.57. The molecule has 0 amide bonds. The number of carboxylic acids is 1. The molecule has 2 unspecified atom stereocenters. The van der Waals surface area contributed by atoms with Crippen LogP contribution in [-0.4, -0.2) is 27.4 Å². The summed E-state index contributed by atoms with van der Waals surface area (Å²) >= 11 is 0. The lowest BCUT2D eigenvalue weighted by atomic mass is 9.78. The van der Waals surface area contributed by atoms with Crippen LogP contribution in [0.15, 0.2) is 42.5 Å². The van der Waals surface area contributed by atoms with Crippen LogP contribution in [0.3, 0.4) is 0 Å². The van der Waals surface area contributed by atoms with Crippen LogP contribution in [0, 0.1) is 0 Å². The van der Waals surface area contributed by atoms with E-state index in [1.165, 1.54) is 6.08 Å². The molecule has 0 aliphatic heterocycles. The highest BCUT2D eigenvalue weighted by atomic mass is 16.4. The molecular formula is C15H12O4. The highest BCUT2D eigenvalue weighted by Crippen LogP contribution is 2.39. The van der Waals surface area contributed by atoms with E-state index in [1.807, 2.05) is 18.2 Å². The Kier molecular flexibility index (Phi) is 2.45. The van der Waals surface area contributed by atoms with Crippen molar-refractivity contribution in [1.82, 2.24) is 0 Å². The van der Waals surface area contributed by atoms with Gasteiger partial charge in [-0.05, 0) is 16.3 Å². The van der Waals surface area contributed by atoms with Gasteiger partial charge in [0.2, 0.25) is 5.60 Å². The van der Waals surface area contributed by atoms with Gasteiger partial charge < -0.3 is 15.3 Å². The van der Waals surface area contributed by atoms with Crippen molar-refractivity contribution in [2.75, 3.05) is 0 Å². The Morgan fingerprint density at radius 2 is 1.89 bits per heavy atom. The summed E-state index contributed by atoms with van der Waals surface area (Å²) in [6.45, 7) is 0. The second-order valence-electron chi connectivity index (χ2n) is 4.63. The molecule has 1 aliphatic rings. The second kappa shape index (κ2) is 3.91. The van der Waals surface area contributed by atoms with E-state index in [0.717, 1.165) is 5.39 Å². The van der Waals surface area contributed by atoms with E-state index in [1.54, 1.807) is 24.3 Å². The zero-order valence-corrected chi connectivity index (χ0v) is 9.95. The summed E-state index contributed by atoms with van der Waals surface area (Å²) in [5.74, 6) is -1.46. The number of aliphatic hydroxyl groups is 2. The molecule has 0 saturated heterocycles. The molecule has 4 nitrogen and oxygen atoms in total. The molecule has 2 atom stereocenters. The normalized spacial score (nSPS) is 25.3. The molecule has 2 aromatic carbocycles. The van der Waals surface area contributed by atoms with Crippen molar-refractivity contribution in [3.05, 3.63) is 53.6 Å². The molecule has 0 fully saturated rings. The molecule has 0 spiro atoms. The quantitative estimate of drug-likeness (QED) is 0.722. The average Bonchev–Trinajstić information content (AvgIpc) is 2.42. The Morgan fingerprint density at radius 1 is 1.16 bits per heavy atom. The van der Waals surface area contributed by atoms with Crippen LogP contribution in [0.2, 0.25) is 0 Å². The molecule has 4 heteroatoms. The third kappa shape index (κ3) is 1.51. The largest absolute Gasteiger partial charge is 0.479 e. The van der Waals surface area contributed by atoms with E-state index in [0.29, 0.717) is 10.9 Å². The van der Waals surface area contributed by atoms with Crippen molar-refractivity contribution in [3.63, 3.8) is 0 Å². The first-order chi connectivity index (χ1) is 9.05. The van der Waals surface area contributed by atoms with Gasteiger partial charge in [0.1, 0.15) is 6.10 Å². The van der Waals surface area contributed by atoms with Crippen LogP contribution in [0.5, 0.6) is 0 Å². The first-order valence-electron chi connectivity index (χ1n) is 5.89. The Morgan fingerprint density at radius 3 is 2.63 bits per heavy atom. The van der Waals surface area contributed by atoms with Gasteiger partial charge in [-0.3, -0.25) is 0 Å². The Balaban J connectivity index is 2.44. The predicted molar refractivity (Wildman–Crippen MR) is 70.5 cm³/mol. The van der Waals surface area contributed by atoms with Crippen LogP contribution in [0.1, 0.15) is 11.1 Å². The Labute approximate surface area is 109 Å². The smallest absolute Gasteiger partial charge is 0.343 e. The average molecular weight is 256 g/mol. The zero-order chi connectivity index (χ0) is 13.6. The summed E-state index contributed by atoms with van der Waals surface area (Å²) in [5.41, 5.74) is -1.47. The maximum atomic E-state index is 11.4. The van der Waals surface area contributed by atoms with Gasteiger partial charge in [-0.2, -0.15) is 0 Å². The first kappa shape index (κ1) is 11.9. The van der Waals surface area contributed by atoms with Gasteiger partial charge >= 0.3 is 5.97 Å². The lowest BCUT2D eigenvalue weighted by Gasteiger charge is -2.32. The molecule has 19 heavy (non-hydrogen) atoms. The van der Waals surface area contributed by atoms with Crippen LogP contribution in [-0.2, 0) is 10.4 Å². The number of fused-ring (bicyclic) bond motifs is 3. The molecule has 0 aromatic heterocycles. The van der Waals surface area contributed by atoms with Gasteiger partial charge in [0.25, 0.3) is 0 Å². The van der Waals surface area contributed by atoms with E-state index < -0.39 is 17.7 Å². The van der Waals surface area contributed by atoms with Crippen molar-refractivity contribution in [2.24, 2.45) is 0 Å². The second-order valence-corrected chi connectivity index (χ2v) is 4.63. The van der Waals surface area contributed by atoms with Gasteiger partial charge in [-0.25, -0.2) is 4.79 Å². The van der Waals surface area contributed by atoms with Crippen LogP contribution in [0.4, 0.5) is 0 Å². The molecule has 0 bridgehead atoms. The summed E-state index contributed by atoms with van der Waals surface area (Å²) in [7, 11) is 0. The Hall–Kier alpha value is -2.17. The molecule has 0 heterocycles. The number of aliphatic carboxylic acids is 1. The van der Waals surface area contributed by atoms with Crippen molar-refractivity contribution in [3.8, 4) is 0 Å². The highest BCUT2D eigenvalue weighted by Gasteiger charge is 2.48. The summed E-state index contributed by atoms with van der Waals surface area (Å²) in [5, 5.41) is 31.1. The summed E-state index contributed by atoms with van der Waals surface area (Å²) in [4.78, 5) is 11.4. The lowest BCUT2D eigenvalue weighted by Crippen LogP contribution is -2.47. The first-order valence-corrected chi connectivity index (χ1v) is 5.89. The number of rotatable bonds is 1. The van der Waals surface area contributed by atoms with Crippen molar-refractivity contribution in [1.29, 1.82) is 0 Å². The van der Waals surface area contributed by atoms with Crippen LogP contribution < -0.4 is 0 Å². The van der Waals surface area contributed by atoms with Crippen LogP contribution >= 0.6 is 0 Å². The molecule has 0 saturated carbocycles. The number of benzene rings is 2. The zero-order valence-electron chi connectivity index (χ0n) is 9.95. The minimum Gasteiger partial charge on any atom is -0.479 e. The minimum absolute atomic E-state index is 0.244. The van der Waals surface area contributed by atoms with Crippen molar-refractivity contribution in [2.45, 2.75) is 11.7 Å². The van der Waals surface area contributed by atoms with E-state index in [4.69, 9.17) is 0 Å². The number of aliphatic hydroxyl groups excluding tert-OH is 1. The summed E-state index contributed by atoms with van der Waals surface area (Å²) < 4.78 is 0. The maximum absolute atomic E-state index is 11.4. The summed E-state index contributed by atoms with van der Waals surface area (Å²) in [6.07, 6.45) is 1.46. The molecular weight excluding hydrogens is 244 g/mol. The van der Waals surface area contributed by atoms with E-state index >= 15 is 0 Å². The number of hydrogen-bond acceptors (Lipinski definition) is 3. The monoisotopic (exact) mass is 256 g/mol. The minimum atomic E-state index is -2.31. The van der Waals surface area contributed by atoms with Gasteiger partial charge in [0.15, 0.2) is 0 Å². The SMILES string of the molecule is O=C(O)C1(O)c2c(ccc3ccccc23)C=CC1O. The lowest BCUT2D eigenvalue weighted by molar-refractivity contribution is -0.169. The van der Waals surface area contributed by atoms with E-state index in [2.05, 4.69) is 0 Å². The standard InChI is InChI=1S/C15H12O4/c16-12-8-7-10-6-5-9-3-1-2-4-11(9)13(10)15(12,19)14(17)18/h1-8,12,16,19H,(H,17,18). The van der Waals surface area contributed by atoms with Gasteiger partial charge in [0.05, 0.1) is 0 Å². The molecule has 2 aromatic rings. The van der Waals surface area contributed by atoms with Crippen molar-refractivity contribution < 1.29 is 20.1 Å². The topological polar surface area (TPSA) is 77.8 Å². The molecule has 3 rings (SSSR count). The van der Waals surface area contributed by atoms with Crippen molar-refractivity contribution >= 4 is 22.8 Å². The number of carbonyl (C=O) groups is 1. The molecule has 1 aliphatic carbocycles. The van der Waals surface area contributed by atoms with Crippen LogP contribution in [0.25, 0.3) is 16.8 Å². The summed E-state index contributed by atoms with van der Waals surface area (Å²) in [6, 6.07) is 10.8. The predicted octanol–water partition coefficient (Wildman–Crippen LogP) is 1.50. The third-order valence-electron chi connectivity index (χ3n) is 3.55.